The number of hydrogen-bond donors (Lipinski definition) is 1. The molecule has 35 heavy (non-hydrogen) atoms. The van der Waals surface area contributed by atoms with Gasteiger partial charge in [-0.05, 0) is 63.3 Å². The molecule has 178 valence electrons. The van der Waals surface area contributed by atoms with E-state index in [1.165, 1.54) is 0 Å². The van der Waals surface area contributed by atoms with Gasteiger partial charge in [0.05, 0.1) is 11.2 Å². The van der Waals surface area contributed by atoms with Crippen molar-refractivity contribution < 1.29 is 9.53 Å². The lowest BCUT2D eigenvalue weighted by atomic mass is 9.74. The average Bonchev–Trinajstić information content (AvgIpc) is 2.81. The van der Waals surface area contributed by atoms with Crippen LogP contribution in [0.1, 0.15) is 45.6 Å². The second kappa shape index (κ2) is 8.97. The maximum atomic E-state index is 12.5. The predicted molar refractivity (Wildman–Crippen MR) is 140 cm³/mol. The minimum absolute atomic E-state index is 0.347. The Morgan fingerprint density at radius 1 is 1.00 bits per heavy atom. The van der Waals surface area contributed by atoms with E-state index in [0.717, 1.165) is 58.1 Å². The predicted octanol–water partition coefficient (Wildman–Crippen LogP) is 7.52. The number of carbonyl (C=O) groups excluding carboxylic acids is 1. The molecule has 0 unspecified atom stereocenters. The van der Waals surface area contributed by atoms with Crippen LogP contribution in [0.5, 0.6) is 0 Å². The van der Waals surface area contributed by atoms with Gasteiger partial charge in [-0.1, -0.05) is 66.2 Å². The molecule has 5 nitrogen and oxygen atoms in total. The van der Waals surface area contributed by atoms with Crippen LogP contribution in [0.15, 0.2) is 72.9 Å². The first-order valence-corrected chi connectivity index (χ1v) is 12.2. The molecule has 2 aromatic heterocycles. The van der Waals surface area contributed by atoms with E-state index in [2.05, 4.69) is 52.8 Å². The largest absolute Gasteiger partial charge is 0.438 e. The third-order valence-corrected chi connectivity index (χ3v) is 6.69. The number of nitrogens with zero attached hydrogens (tertiary/aromatic N) is 2. The maximum Gasteiger partial charge on any atom is 0.408 e. The summed E-state index contributed by atoms with van der Waals surface area (Å²) in [6.07, 6.45) is 3.96. The molecule has 1 fully saturated rings. The van der Waals surface area contributed by atoms with Crippen molar-refractivity contribution in [3.63, 3.8) is 0 Å². The summed E-state index contributed by atoms with van der Waals surface area (Å²) in [4.78, 5) is 21.7. The number of fused-ring (bicyclic) bond motifs is 1. The summed E-state index contributed by atoms with van der Waals surface area (Å²) in [5.41, 5.74) is 4.76. The van der Waals surface area contributed by atoms with Gasteiger partial charge in [-0.3, -0.25) is 0 Å². The second-order valence-electron chi connectivity index (χ2n) is 10.1. The molecule has 5 rings (SSSR count). The summed E-state index contributed by atoms with van der Waals surface area (Å²) in [6.45, 7) is 5.84. The van der Waals surface area contributed by atoms with E-state index in [9.17, 15) is 4.79 Å². The molecule has 4 aromatic rings. The highest BCUT2D eigenvalue weighted by Gasteiger charge is 2.43. The van der Waals surface area contributed by atoms with E-state index >= 15 is 0 Å². The Kier molecular flexibility index (Phi) is 5.97. The molecule has 0 bridgehead atoms. The summed E-state index contributed by atoms with van der Waals surface area (Å²) < 4.78 is 5.96. The second-order valence-corrected chi connectivity index (χ2v) is 10.5. The van der Waals surface area contributed by atoms with Crippen LogP contribution in [0.25, 0.3) is 33.3 Å². The van der Waals surface area contributed by atoms with Gasteiger partial charge in [-0.15, -0.1) is 0 Å². The third-order valence-electron chi connectivity index (χ3n) is 6.39. The zero-order valence-corrected chi connectivity index (χ0v) is 20.9. The Morgan fingerprint density at radius 3 is 2.34 bits per heavy atom. The molecule has 0 radical (unpaired) electrons. The quantitative estimate of drug-likeness (QED) is 0.303. The zero-order valence-electron chi connectivity index (χ0n) is 20.1. The van der Waals surface area contributed by atoms with E-state index in [-0.39, 0.29) is 11.6 Å². The number of pyridine rings is 2. The van der Waals surface area contributed by atoms with Gasteiger partial charge in [0.25, 0.3) is 0 Å². The van der Waals surface area contributed by atoms with Crippen molar-refractivity contribution in [3.05, 3.63) is 83.6 Å². The normalized spacial score (nSPS) is 14.9. The molecular weight excluding hydrogens is 458 g/mol. The minimum Gasteiger partial charge on any atom is -0.438 e. The fourth-order valence-electron chi connectivity index (χ4n) is 4.51. The van der Waals surface area contributed by atoms with Crippen LogP contribution in [0.4, 0.5) is 4.79 Å². The molecule has 0 saturated heterocycles. The zero-order chi connectivity index (χ0) is 24.6. The molecule has 1 saturated carbocycles. The highest BCUT2D eigenvalue weighted by molar-refractivity contribution is 6.34. The summed E-state index contributed by atoms with van der Waals surface area (Å²) in [5.74, 6) is 0. The van der Waals surface area contributed by atoms with Gasteiger partial charge >= 0.3 is 6.09 Å². The molecule has 1 aliphatic carbocycles. The van der Waals surface area contributed by atoms with Crippen LogP contribution in [0.3, 0.4) is 0 Å². The van der Waals surface area contributed by atoms with Crippen molar-refractivity contribution in [2.75, 3.05) is 0 Å². The summed E-state index contributed by atoms with van der Waals surface area (Å²) in [6, 6.07) is 22.3. The van der Waals surface area contributed by atoms with Crippen LogP contribution in [-0.2, 0) is 10.3 Å². The molecule has 1 aliphatic rings. The van der Waals surface area contributed by atoms with E-state index in [1.807, 2.05) is 45.0 Å². The number of halogens is 1. The average molecular weight is 486 g/mol. The van der Waals surface area contributed by atoms with E-state index < -0.39 is 5.60 Å². The van der Waals surface area contributed by atoms with Crippen molar-refractivity contribution in [2.45, 2.75) is 51.2 Å². The fourth-order valence-corrected chi connectivity index (χ4v) is 4.72. The lowest BCUT2D eigenvalue weighted by Gasteiger charge is -2.42. The highest BCUT2D eigenvalue weighted by Crippen LogP contribution is 2.45. The van der Waals surface area contributed by atoms with Gasteiger partial charge in [0.15, 0.2) is 0 Å². The summed E-state index contributed by atoms with van der Waals surface area (Å²) >= 11 is 6.39. The van der Waals surface area contributed by atoms with Gasteiger partial charge in [0.1, 0.15) is 10.8 Å². The molecule has 0 aliphatic heterocycles. The monoisotopic (exact) mass is 485 g/mol. The Morgan fingerprint density at radius 2 is 1.71 bits per heavy atom. The molecule has 1 N–H and O–H groups in total. The maximum absolute atomic E-state index is 12.5. The first-order valence-electron chi connectivity index (χ1n) is 11.9. The third kappa shape index (κ3) is 4.73. The Bertz CT molecular complexity index is 1380. The van der Waals surface area contributed by atoms with Gasteiger partial charge in [-0.25, -0.2) is 14.8 Å². The van der Waals surface area contributed by atoms with Crippen molar-refractivity contribution >= 4 is 28.6 Å². The summed E-state index contributed by atoms with van der Waals surface area (Å²) in [5, 5.41) is 4.17. The van der Waals surface area contributed by atoms with Gasteiger partial charge < -0.3 is 10.1 Å². The van der Waals surface area contributed by atoms with Crippen molar-refractivity contribution in [1.82, 2.24) is 15.3 Å². The first kappa shape index (κ1) is 23.3. The van der Waals surface area contributed by atoms with Crippen LogP contribution in [0, 0.1) is 0 Å². The Hall–Kier alpha value is -3.44. The first-order chi connectivity index (χ1) is 16.7. The van der Waals surface area contributed by atoms with E-state index in [1.54, 1.807) is 6.20 Å². The molecular formula is C29H28ClN3O2. The number of carbonyl (C=O) groups is 1. The number of nitrogens with one attached hydrogen (secondary N) is 1. The number of amides is 1. The van der Waals surface area contributed by atoms with Crippen LogP contribution in [-0.4, -0.2) is 21.6 Å². The number of alkyl carbamates (subject to hydrolysis) is 1. The lowest BCUT2D eigenvalue weighted by Crippen LogP contribution is -2.47. The van der Waals surface area contributed by atoms with Crippen molar-refractivity contribution in [2.24, 2.45) is 0 Å². The topological polar surface area (TPSA) is 64.1 Å². The number of ether oxygens (including phenoxy) is 1. The number of aromatic nitrogens is 2. The molecule has 1 amide bonds. The van der Waals surface area contributed by atoms with Crippen LogP contribution >= 0.6 is 11.6 Å². The minimum atomic E-state index is -0.577. The Balaban J connectivity index is 1.53. The highest BCUT2D eigenvalue weighted by atomic mass is 35.5. The molecule has 0 atom stereocenters. The molecule has 0 spiro atoms. The van der Waals surface area contributed by atoms with Crippen molar-refractivity contribution in [1.29, 1.82) is 0 Å². The molecule has 2 aromatic carbocycles. The van der Waals surface area contributed by atoms with Crippen molar-refractivity contribution in [3.8, 4) is 22.4 Å². The molecule has 6 heteroatoms. The summed E-state index contributed by atoms with van der Waals surface area (Å²) in [7, 11) is 0. The van der Waals surface area contributed by atoms with Crippen LogP contribution in [0.2, 0.25) is 5.15 Å². The molecule has 2 heterocycles. The van der Waals surface area contributed by atoms with E-state index in [0.29, 0.717) is 5.15 Å². The smallest absolute Gasteiger partial charge is 0.408 e. The van der Waals surface area contributed by atoms with Gasteiger partial charge in [0, 0.05) is 28.2 Å². The number of rotatable bonds is 4. The van der Waals surface area contributed by atoms with Gasteiger partial charge in [0.2, 0.25) is 0 Å². The SMILES string of the molecule is CC(C)(C)NC(=O)OC1(c2ccc(-c3nc4ccnc(Cl)c4cc3-c3ccccc3)cc2)CCC1. The standard InChI is InChI=1S/C29H28ClN3O2/c1-28(2,3)33-27(34)35-29(15-7-16-29)21-12-10-20(11-13-21)25-22(19-8-5-4-6-9-19)18-23-24(32-25)14-17-31-26(23)30/h4-6,8-14,17-18H,7,15-16H2,1-3H3,(H,33,34). The number of benzene rings is 2. The fraction of sp³-hybridized carbons (Fsp3) is 0.276. The Labute approximate surface area is 210 Å². The van der Waals surface area contributed by atoms with Crippen LogP contribution < -0.4 is 5.32 Å². The lowest BCUT2D eigenvalue weighted by molar-refractivity contribution is -0.0549. The van der Waals surface area contributed by atoms with Gasteiger partial charge in [-0.2, -0.15) is 0 Å². The number of hydrogen-bond acceptors (Lipinski definition) is 4. The van der Waals surface area contributed by atoms with E-state index in [4.69, 9.17) is 21.3 Å².